The van der Waals surface area contributed by atoms with E-state index >= 15 is 0 Å². The number of ketones is 1. The zero-order valence-electron chi connectivity index (χ0n) is 20.5. The normalized spacial score (nSPS) is 17.5. The minimum atomic E-state index is -0.765. The van der Waals surface area contributed by atoms with Gasteiger partial charge in [-0.25, -0.2) is 4.39 Å². The Hall–Kier alpha value is -2.51. The number of amides is 1. The van der Waals surface area contributed by atoms with Crippen molar-refractivity contribution in [2.24, 2.45) is 0 Å². The molecule has 1 fully saturated rings. The van der Waals surface area contributed by atoms with E-state index in [-0.39, 0.29) is 11.3 Å². The van der Waals surface area contributed by atoms with Crippen molar-refractivity contribution in [3.63, 3.8) is 0 Å². The first kappa shape index (κ1) is 27.1. The third kappa shape index (κ3) is 6.79. The van der Waals surface area contributed by atoms with E-state index in [0.29, 0.717) is 24.1 Å². The van der Waals surface area contributed by atoms with Gasteiger partial charge in [-0.2, -0.15) is 0 Å². The summed E-state index contributed by atoms with van der Waals surface area (Å²) < 4.78 is 14.5. The van der Waals surface area contributed by atoms with Crippen molar-refractivity contribution in [3.8, 4) is 0 Å². The van der Waals surface area contributed by atoms with Crippen LogP contribution in [0.25, 0.3) is 5.76 Å². The summed E-state index contributed by atoms with van der Waals surface area (Å²) in [4.78, 5) is 30.2. The lowest BCUT2D eigenvalue weighted by Gasteiger charge is -2.27. The first-order valence-corrected chi connectivity index (χ1v) is 13.2. The van der Waals surface area contributed by atoms with Crippen LogP contribution < -0.4 is 0 Å². The number of rotatable bonds is 12. The average molecular weight is 545 g/mol. The molecule has 35 heavy (non-hydrogen) atoms. The minimum Gasteiger partial charge on any atom is -0.507 e. The van der Waals surface area contributed by atoms with Gasteiger partial charge in [0.25, 0.3) is 11.7 Å². The Labute approximate surface area is 215 Å². The first-order valence-electron chi connectivity index (χ1n) is 12.4. The van der Waals surface area contributed by atoms with E-state index in [9.17, 15) is 19.1 Å². The Morgan fingerprint density at radius 2 is 1.51 bits per heavy atom. The lowest BCUT2D eigenvalue weighted by atomic mass is 9.95. The summed E-state index contributed by atoms with van der Waals surface area (Å²) >= 11 is 3.37. The van der Waals surface area contributed by atoms with Crippen LogP contribution in [0.4, 0.5) is 4.39 Å². The summed E-state index contributed by atoms with van der Waals surface area (Å²) in [5.74, 6) is -1.97. The maximum absolute atomic E-state index is 13.7. The van der Waals surface area contributed by atoms with E-state index < -0.39 is 23.5 Å². The number of halogens is 2. The van der Waals surface area contributed by atoms with Crippen LogP contribution >= 0.6 is 15.9 Å². The van der Waals surface area contributed by atoms with Crippen molar-refractivity contribution in [1.29, 1.82) is 0 Å². The SMILES string of the molecule is CCCCN(CCCC)CCCN1C(=O)C(=O)C(=C(O)c2ccc(Br)cc2)[C@H]1c1ccc(F)cc1. The highest BCUT2D eigenvalue weighted by Gasteiger charge is 2.45. The Bertz CT molecular complexity index is 1030. The summed E-state index contributed by atoms with van der Waals surface area (Å²) in [5.41, 5.74) is 1.08. The molecule has 1 saturated heterocycles. The lowest BCUT2D eigenvalue weighted by molar-refractivity contribution is -0.140. The van der Waals surface area contributed by atoms with E-state index in [1.165, 1.54) is 17.0 Å². The molecule has 0 aromatic heterocycles. The number of Topliss-reactive ketones (excluding diaryl/α,β-unsaturated/α-hetero) is 1. The summed E-state index contributed by atoms with van der Waals surface area (Å²) in [6.07, 6.45) is 5.19. The molecule has 1 atom stereocenters. The summed E-state index contributed by atoms with van der Waals surface area (Å²) in [5, 5.41) is 11.1. The maximum atomic E-state index is 13.7. The number of aliphatic hydroxyl groups is 1. The fraction of sp³-hybridized carbons (Fsp3) is 0.429. The van der Waals surface area contributed by atoms with Crippen LogP contribution in [0.5, 0.6) is 0 Å². The highest BCUT2D eigenvalue weighted by atomic mass is 79.9. The lowest BCUT2D eigenvalue weighted by Crippen LogP contribution is -2.34. The molecule has 188 valence electrons. The summed E-state index contributed by atoms with van der Waals surface area (Å²) in [6, 6.07) is 11.9. The molecule has 2 aromatic carbocycles. The predicted molar refractivity (Wildman–Crippen MR) is 140 cm³/mol. The largest absolute Gasteiger partial charge is 0.507 e. The Morgan fingerprint density at radius 3 is 2.09 bits per heavy atom. The molecule has 0 bridgehead atoms. The monoisotopic (exact) mass is 544 g/mol. The third-order valence-corrected chi connectivity index (χ3v) is 6.90. The molecule has 1 amide bonds. The number of aliphatic hydroxyl groups excluding tert-OH is 1. The second-order valence-corrected chi connectivity index (χ2v) is 9.87. The zero-order valence-corrected chi connectivity index (χ0v) is 22.1. The number of nitrogens with zero attached hydrogens (tertiary/aromatic N) is 2. The van der Waals surface area contributed by atoms with Gasteiger partial charge in [0.1, 0.15) is 11.6 Å². The van der Waals surface area contributed by atoms with Crippen LogP contribution in [0.15, 0.2) is 58.6 Å². The molecule has 7 heteroatoms. The number of carbonyl (C=O) groups is 2. The molecule has 0 spiro atoms. The fourth-order valence-electron chi connectivity index (χ4n) is 4.43. The van der Waals surface area contributed by atoms with Crippen molar-refractivity contribution in [3.05, 3.63) is 75.5 Å². The molecule has 2 aromatic rings. The summed E-state index contributed by atoms with van der Waals surface area (Å²) in [6.45, 7) is 7.57. The van der Waals surface area contributed by atoms with Crippen LogP contribution in [0.2, 0.25) is 0 Å². The fourth-order valence-corrected chi connectivity index (χ4v) is 4.69. The van der Waals surface area contributed by atoms with Gasteiger partial charge in [-0.05, 0) is 68.7 Å². The molecule has 3 rings (SSSR count). The number of unbranched alkanes of at least 4 members (excludes halogenated alkanes) is 2. The Morgan fingerprint density at radius 1 is 0.943 bits per heavy atom. The van der Waals surface area contributed by atoms with Crippen molar-refractivity contribution in [1.82, 2.24) is 9.80 Å². The molecule has 0 saturated carbocycles. The highest BCUT2D eigenvalue weighted by molar-refractivity contribution is 9.10. The maximum Gasteiger partial charge on any atom is 0.295 e. The second kappa shape index (κ2) is 13.0. The number of benzene rings is 2. The molecule has 0 unspecified atom stereocenters. The average Bonchev–Trinajstić information content (AvgIpc) is 3.10. The van der Waals surface area contributed by atoms with Gasteiger partial charge in [-0.3, -0.25) is 9.59 Å². The molecule has 1 N–H and O–H groups in total. The molecule has 5 nitrogen and oxygen atoms in total. The molecule has 1 aliphatic heterocycles. The number of hydrogen-bond acceptors (Lipinski definition) is 4. The number of carbonyl (C=O) groups excluding carboxylic acids is 2. The molecule has 0 aliphatic carbocycles. The Kier molecular flexibility index (Phi) is 10.0. The van der Waals surface area contributed by atoms with E-state index in [0.717, 1.165) is 49.8 Å². The topological polar surface area (TPSA) is 60.9 Å². The van der Waals surface area contributed by atoms with Gasteiger partial charge < -0.3 is 14.9 Å². The van der Waals surface area contributed by atoms with Gasteiger partial charge in [0.15, 0.2) is 0 Å². The van der Waals surface area contributed by atoms with E-state index in [2.05, 4.69) is 34.7 Å². The van der Waals surface area contributed by atoms with Crippen LogP contribution in [0.3, 0.4) is 0 Å². The predicted octanol–water partition coefficient (Wildman–Crippen LogP) is 6.30. The van der Waals surface area contributed by atoms with E-state index in [1.54, 1.807) is 36.4 Å². The van der Waals surface area contributed by atoms with Gasteiger partial charge in [-0.1, -0.05) is 66.9 Å². The van der Waals surface area contributed by atoms with Crippen LogP contribution in [0, 0.1) is 5.82 Å². The molecular formula is C28H34BrFN2O3. The van der Waals surface area contributed by atoms with E-state index in [4.69, 9.17) is 0 Å². The molecule has 0 radical (unpaired) electrons. The quantitative estimate of drug-likeness (QED) is 0.193. The van der Waals surface area contributed by atoms with Gasteiger partial charge in [0.05, 0.1) is 11.6 Å². The number of hydrogen-bond donors (Lipinski definition) is 1. The van der Waals surface area contributed by atoms with Crippen LogP contribution in [-0.2, 0) is 9.59 Å². The van der Waals surface area contributed by atoms with E-state index in [1.807, 2.05) is 0 Å². The molecular weight excluding hydrogens is 511 g/mol. The van der Waals surface area contributed by atoms with Gasteiger partial charge >= 0.3 is 0 Å². The first-order chi connectivity index (χ1) is 16.9. The van der Waals surface area contributed by atoms with Gasteiger partial charge in [0, 0.05) is 16.6 Å². The van der Waals surface area contributed by atoms with Crippen molar-refractivity contribution >= 4 is 33.4 Å². The third-order valence-electron chi connectivity index (χ3n) is 6.37. The van der Waals surface area contributed by atoms with Crippen molar-refractivity contribution < 1.29 is 19.1 Å². The van der Waals surface area contributed by atoms with Crippen LogP contribution in [-0.4, -0.2) is 52.8 Å². The smallest absolute Gasteiger partial charge is 0.295 e. The highest BCUT2D eigenvalue weighted by Crippen LogP contribution is 2.39. The van der Waals surface area contributed by atoms with Crippen molar-refractivity contribution in [2.45, 2.75) is 52.0 Å². The number of likely N-dealkylation sites (tertiary alicyclic amines) is 1. The second-order valence-electron chi connectivity index (χ2n) is 8.95. The Balaban J connectivity index is 1.90. The van der Waals surface area contributed by atoms with Gasteiger partial charge in [0.2, 0.25) is 0 Å². The molecule has 1 heterocycles. The van der Waals surface area contributed by atoms with Gasteiger partial charge in [-0.15, -0.1) is 0 Å². The minimum absolute atomic E-state index is 0.0396. The zero-order chi connectivity index (χ0) is 25.4. The standard InChI is InChI=1S/C28H34BrFN2O3/c1-3-5-16-31(17-6-4-2)18-7-19-32-25(20-10-14-23(30)15-11-20)24(27(34)28(32)35)26(33)21-8-12-22(29)13-9-21/h8-15,25,33H,3-7,16-19H2,1-2H3/t25-/m1/s1. The van der Waals surface area contributed by atoms with Crippen molar-refractivity contribution in [2.75, 3.05) is 26.2 Å². The summed E-state index contributed by atoms with van der Waals surface area (Å²) in [7, 11) is 0. The molecule has 1 aliphatic rings. The van der Waals surface area contributed by atoms with Crippen LogP contribution in [0.1, 0.15) is 63.1 Å².